The highest BCUT2D eigenvalue weighted by Crippen LogP contribution is 2.33. The third-order valence-electron chi connectivity index (χ3n) is 3.94. The van der Waals surface area contributed by atoms with Gasteiger partial charge in [0.05, 0.1) is 6.26 Å². The Kier molecular flexibility index (Phi) is 2.86. The number of H-pyrrole nitrogens is 1. The monoisotopic (exact) mass is 284 g/mol. The molecule has 7 nitrogen and oxygen atoms in total. The second-order valence-electron chi connectivity index (χ2n) is 5.17. The number of nitrogens with zero attached hydrogens (tertiary/aromatic N) is 3. The smallest absolute Gasteiger partial charge is 0.271 e. The lowest BCUT2D eigenvalue weighted by Gasteiger charge is -2.22. The van der Waals surface area contributed by atoms with Crippen LogP contribution in [0.4, 0.5) is 0 Å². The zero-order valence-electron chi connectivity index (χ0n) is 10.6. The molecule has 104 valence electrons. The quantitative estimate of drug-likeness (QED) is 0.794. The molecule has 0 spiro atoms. The van der Waals surface area contributed by atoms with Gasteiger partial charge in [0.1, 0.15) is 5.69 Å². The first-order valence-corrected chi connectivity index (χ1v) is 8.07. The molecule has 0 radical (unpaired) electrons. The first-order valence-electron chi connectivity index (χ1n) is 6.22. The molecule has 0 saturated carbocycles. The van der Waals surface area contributed by atoms with Gasteiger partial charge < -0.3 is 4.90 Å². The van der Waals surface area contributed by atoms with E-state index in [1.807, 2.05) is 0 Å². The van der Waals surface area contributed by atoms with E-state index in [9.17, 15) is 13.2 Å². The number of nitrogens with one attached hydrogen (secondary N) is 1. The molecule has 1 N–H and O–H groups in total. The molecule has 3 rings (SSSR count). The number of hydrogen-bond acceptors (Lipinski definition) is 4. The van der Waals surface area contributed by atoms with Gasteiger partial charge in [-0.3, -0.25) is 9.89 Å². The summed E-state index contributed by atoms with van der Waals surface area (Å²) in [5.74, 6) is 0.141. The van der Waals surface area contributed by atoms with Crippen molar-refractivity contribution in [3.63, 3.8) is 0 Å². The number of rotatable bonds is 2. The van der Waals surface area contributed by atoms with Gasteiger partial charge in [0.25, 0.3) is 5.91 Å². The van der Waals surface area contributed by atoms with Crippen LogP contribution in [0.25, 0.3) is 0 Å². The Morgan fingerprint density at radius 3 is 2.89 bits per heavy atom. The van der Waals surface area contributed by atoms with Gasteiger partial charge in [-0.1, -0.05) is 0 Å². The van der Waals surface area contributed by atoms with Crippen molar-refractivity contribution in [2.75, 3.05) is 25.9 Å². The summed E-state index contributed by atoms with van der Waals surface area (Å²) in [4.78, 5) is 13.9. The largest absolute Gasteiger partial charge is 0.335 e. The van der Waals surface area contributed by atoms with Gasteiger partial charge in [0, 0.05) is 31.9 Å². The van der Waals surface area contributed by atoms with E-state index in [1.165, 1.54) is 16.8 Å². The first-order chi connectivity index (χ1) is 8.97. The van der Waals surface area contributed by atoms with Crippen molar-refractivity contribution in [2.24, 2.45) is 5.92 Å². The van der Waals surface area contributed by atoms with E-state index < -0.39 is 10.0 Å². The predicted molar refractivity (Wildman–Crippen MR) is 67.9 cm³/mol. The lowest BCUT2D eigenvalue weighted by molar-refractivity contribution is 0.0772. The number of likely N-dealkylation sites (tertiary alicyclic amines) is 1. The summed E-state index contributed by atoms with van der Waals surface area (Å²) in [7, 11) is -3.18. The van der Waals surface area contributed by atoms with Crippen LogP contribution in [0.2, 0.25) is 0 Å². The Bertz CT molecular complexity index is 583. The van der Waals surface area contributed by atoms with Crippen LogP contribution in [0.15, 0.2) is 12.3 Å². The van der Waals surface area contributed by atoms with E-state index in [0.717, 1.165) is 6.42 Å². The summed E-state index contributed by atoms with van der Waals surface area (Å²) in [6.45, 7) is 1.66. The summed E-state index contributed by atoms with van der Waals surface area (Å²) in [6, 6.07) is 1.56. The zero-order chi connectivity index (χ0) is 13.6. The van der Waals surface area contributed by atoms with Crippen LogP contribution in [0.5, 0.6) is 0 Å². The average molecular weight is 284 g/mol. The van der Waals surface area contributed by atoms with Crippen molar-refractivity contribution >= 4 is 15.9 Å². The lowest BCUT2D eigenvalue weighted by atomic mass is 10.1. The molecule has 8 heteroatoms. The molecule has 2 aliphatic heterocycles. The SMILES string of the molecule is CS(=O)(=O)N1CC[C@@H]2CN(C(=O)c3ccn[nH]3)C[C@@H]21. The summed E-state index contributed by atoms with van der Waals surface area (Å²) >= 11 is 0. The number of aromatic amines is 1. The Morgan fingerprint density at radius 1 is 1.47 bits per heavy atom. The maximum absolute atomic E-state index is 12.2. The van der Waals surface area contributed by atoms with Crippen molar-refractivity contribution < 1.29 is 13.2 Å². The van der Waals surface area contributed by atoms with E-state index in [2.05, 4.69) is 10.2 Å². The minimum absolute atomic E-state index is 0.0677. The number of amides is 1. The number of fused-ring (bicyclic) bond motifs is 1. The molecule has 1 aromatic heterocycles. The highest BCUT2D eigenvalue weighted by molar-refractivity contribution is 7.88. The molecule has 2 saturated heterocycles. The van der Waals surface area contributed by atoms with Gasteiger partial charge in [0.2, 0.25) is 10.0 Å². The molecule has 2 fully saturated rings. The standard InChI is InChI=1S/C11H16N4O3S/c1-19(17,18)15-5-3-8-6-14(7-10(8)15)11(16)9-2-4-12-13-9/h2,4,8,10H,3,5-7H2,1H3,(H,12,13)/t8-,10+/m1/s1. The Morgan fingerprint density at radius 2 is 2.26 bits per heavy atom. The van der Waals surface area contributed by atoms with E-state index in [0.29, 0.717) is 25.3 Å². The van der Waals surface area contributed by atoms with Crippen LogP contribution in [-0.2, 0) is 10.0 Å². The molecule has 0 bridgehead atoms. The van der Waals surface area contributed by atoms with Crippen LogP contribution >= 0.6 is 0 Å². The molecule has 1 amide bonds. The summed E-state index contributed by atoms with van der Waals surface area (Å²) in [5, 5.41) is 6.41. The molecule has 0 aromatic carbocycles. The van der Waals surface area contributed by atoms with Crippen LogP contribution < -0.4 is 0 Å². The predicted octanol–water partition coefficient (Wildman–Crippen LogP) is -0.484. The molecule has 2 aliphatic rings. The van der Waals surface area contributed by atoms with Gasteiger partial charge in [-0.2, -0.15) is 9.40 Å². The summed E-state index contributed by atoms with van der Waals surface area (Å²) < 4.78 is 24.9. The van der Waals surface area contributed by atoms with Crippen molar-refractivity contribution in [3.05, 3.63) is 18.0 Å². The number of carbonyl (C=O) groups is 1. The van der Waals surface area contributed by atoms with Gasteiger partial charge in [-0.15, -0.1) is 0 Å². The van der Waals surface area contributed by atoms with Gasteiger partial charge >= 0.3 is 0 Å². The molecule has 2 atom stereocenters. The number of carbonyl (C=O) groups excluding carboxylic acids is 1. The highest BCUT2D eigenvalue weighted by atomic mass is 32.2. The lowest BCUT2D eigenvalue weighted by Crippen LogP contribution is -2.40. The Hall–Kier alpha value is -1.41. The third-order valence-corrected chi connectivity index (χ3v) is 5.25. The highest BCUT2D eigenvalue weighted by Gasteiger charge is 2.46. The normalized spacial score (nSPS) is 27.7. The molecule has 1 aromatic rings. The van der Waals surface area contributed by atoms with Crippen molar-refractivity contribution in [3.8, 4) is 0 Å². The van der Waals surface area contributed by atoms with Crippen LogP contribution in [-0.4, -0.2) is 65.7 Å². The molecule has 19 heavy (non-hydrogen) atoms. The third kappa shape index (κ3) is 2.14. The fraction of sp³-hybridized carbons (Fsp3) is 0.636. The minimum Gasteiger partial charge on any atom is -0.335 e. The fourth-order valence-electron chi connectivity index (χ4n) is 3.05. The van der Waals surface area contributed by atoms with Crippen LogP contribution in [0, 0.1) is 5.92 Å². The maximum Gasteiger partial charge on any atom is 0.271 e. The van der Waals surface area contributed by atoms with Crippen LogP contribution in [0.3, 0.4) is 0 Å². The van der Waals surface area contributed by atoms with Crippen molar-refractivity contribution in [1.29, 1.82) is 0 Å². The maximum atomic E-state index is 12.2. The molecule has 0 unspecified atom stereocenters. The second kappa shape index (κ2) is 4.31. The summed E-state index contributed by atoms with van der Waals surface area (Å²) in [6.07, 6.45) is 3.59. The van der Waals surface area contributed by atoms with Gasteiger partial charge in [-0.05, 0) is 18.4 Å². The number of sulfonamides is 1. The minimum atomic E-state index is -3.18. The zero-order valence-corrected chi connectivity index (χ0v) is 11.4. The van der Waals surface area contributed by atoms with E-state index in [1.54, 1.807) is 11.0 Å². The Balaban J connectivity index is 1.76. The number of hydrogen-bond donors (Lipinski definition) is 1. The van der Waals surface area contributed by atoms with Gasteiger partial charge in [-0.25, -0.2) is 8.42 Å². The average Bonchev–Trinajstić information content (AvgIpc) is 3.02. The van der Waals surface area contributed by atoms with E-state index >= 15 is 0 Å². The molecule has 0 aliphatic carbocycles. The van der Waals surface area contributed by atoms with Crippen molar-refractivity contribution in [1.82, 2.24) is 19.4 Å². The van der Waals surface area contributed by atoms with Crippen LogP contribution in [0.1, 0.15) is 16.9 Å². The second-order valence-corrected chi connectivity index (χ2v) is 7.11. The summed E-state index contributed by atoms with van der Waals surface area (Å²) in [5.41, 5.74) is 0.450. The van der Waals surface area contributed by atoms with E-state index in [-0.39, 0.29) is 17.9 Å². The number of aromatic nitrogens is 2. The Labute approximate surface area is 111 Å². The molecule has 3 heterocycles. The topological polar surface area (TPSA) is 86.4 Å². The van der Waals surface area contributed by atoms with E-state index in [4.69, 9.17) is 0 Å². The molecular weight excluding hydrogens is 268 g/mol. The first kappa shape index (κ1) is 12.6. The fourth-order valence-corrected chi connectivity index (χ4v) is 4.21. The van der Waals surface area contributed by atoms with Gasteiger partial charge in [0.15, 0.2) is 0 Å². The molecular formula is C11H16N4O3S. The van der Waals surface area contributed by atoms with Crippen molar-refractivity contribution in [2.45, 2.75) is 12.5 Å².